The number of pyridine rings is 1. The van der Waals surface area contributed by atoms with Crippen LogP contribution in [-0.2, 0) is 6.18 Å². The number of nitrogens with two attached hydrogens (primary N) is 1. The quantitative estimate of drug-likeness (QED) is 0.214. The molecule has 0 bridgehead atoms. The normalized spacial score (nSPS) is 20.1. The van der Waals surface area contributed by atoms with Crippen LogP contribution >= 0.6 is 11.6 Å². The molecule has 2 fully saturated rings. The highest BCUT2D eigenvalue weighted by Gasteiger charge is 2.36. The molecule has 202 valence electrons. The number of anilines is 1. The topological polar surface area (TPSA) is 88.2 Å². The smallest absolute Gasteiger partial charge is 0.417 e. The predicted octanol–water partition coefficient (Wildman–Crippen LogP) is 7.19. The lowest BCUT2D eigenvalue weighted by atomic mass is 9.82. The largest absolute Gasteiger partial charge is 0.504 e. The standard InChI is InChI=1S/C28H28ClF4N3O2/c29-22-7-17(8-23(30)27(22)38)18-9-19-24(10-21(18)28(31,32)33)35-13-20(26(37)16-5-6-16)25(19)36-12-15-3-1-14(11-34)2-4-15/h7-10,13-16,38H,1-6,11-12,34H2,(H,35,36). The number of nitrogens with zero attached hydrogens (tertiary/aromatic N) is 1. The fourth-order valence-electron chi connectivity index (χ4n) is 5.29. The molecule has 5 nitrogen and oxygen atoms in total. The highest BCUT2D eigenvalue weighted by Crippen LogP contribution is 2.44. The zero-order chi connectivity index (χ0) is 27.2. The second-order valence-corrected chi connectivity index (χ2v) is 10.8. The maximum absolute atomic E-state index is 14.3. The molecule has 38 heavy (non-hydrogen) atoms. The van der Waals surface area contributed by atoms with E-state index in [4.69, 9.17) is 17.3 Å². The lowest BCUT2D eigenvalue weighted by molar-refractivity contribution is -0.137. The third-order valence-corrected chi connectivity index (χ3v) is 8.01. The SMILES string of the molecule is NCC1CCC(CNc2c(C(=O)C3CC3)cnc3cc(C(F)(F)F)c(-c4cc(F)c(O)c(Cl)c4)cc23)CC1. The lowest BCUT2D eigenvalue weighted by Crippen LogP contribution is -2.25. The summed E-state index contributed by atoms with van der Waals surface area (Å²) in [6.45, 7) is 1.21. The van der Waals surface area contributed by atoms with Crippen molar-refractivity contribution in [1.82, 2.24) is 4.98 Å². The summed E-state index contributed by atoms with van der Waals surface area (Å²) >= 11 is 5.90. The summed E-state index contributed by atoms with van der Waals surface area (Å²) in [5.74, 6) is -1.34. The number of hydrogen-bond acceptors (Lipinski definition) is 5. The second kappa shape index (κ2) is 10.3. The summed E-state index contributed by atoms with van der Waals surface area (Å²) in [5, 5.41) is 13.0. The molecule has 2 aliphatic rings. The van der Waals surface area contributed by atoms with E-state index in [9.17, 15) is 27.5 Å². The first-order chi connectivity index (χ1) is 18.1. The van der Waals surface area contributed by atoms with Gasteiger partial charge in [-0.05, 0) is 92.3 Å². The van der Waals surface area contributed by atoms with Gasteiger partial charge in [0, 0.05) is 24.0 Å². The maximum atomic E-state index is 14.3. The van der Waals surface area contributed by atoms with Crippen molar-refractivity contribution in [2.24, 2.45) is 23.5 Å². The average molecular weight is 550 g/mol. The number of aromatic hydroxyl groups is 1. The van der Waals surface area contributed by atoms with E-state index in [2.05, 4.69) is 10.3 Å². The number of Topliss-reactive ketones (excluding diaryl/α,β-unsaturated/α-hetero) is 1. The Morgan fingerprint density at radius 3 is 2.37 bits per heavy atom. The number of rotatable bonds is 7. The van der Waals surface area contributed by atoms with Crippen LogP contribution in [0.2, 0.25) is 5.02 Å². The van der Waals surface area contributed by atoms with Gasteiger partial charge in [-0.25, -0.2) is 4.39 Å². The number of carbonyl (C=O) groups excluding carboxylic acids is 1. The van der Waals surface area contributed by atoms with E-state index in [-0.39, 0.29) is 28.3 Å². The van der Waals surface area contributed by atoms with Gasteiger partial charge < -0.3 is 16.2 Å². The molecule has 1 heterocycles. The first-order valence-corrected chi connectivity index (χ1v) is 13.1. The number of carbonyl (C=O) groups is 1. The van der Waals surface area contributed by atoms with E-state index in [0.29, 0.717) is 41.6 Å². The number of nitrogens with one attached hydrogen (secondary N) is 1. The van der Waals surface area contributed by atoms with Gasteiger partial charge in [0.15, 0.2) is 17.3 Å². The number of phenols is 1. The van der Waals surface area contributed by atoms with E-state index in [1.54, 1.807) is 0 Å². The maximum Gasteiger partial charge on any atom is 0.417 e. The van der Waals surface area contributed by atoms with Gasteiger partial charge in [-0.1, -0.05) is 11.6 Å². The minimum absolute atomic E-state index is 0.0631. The molecular weight excluding hydrogens is 522 g/mol. The number of halogens is 5. The van der Waals surface area contributed by atoms with Crippen LogP contribution in [0.4, 0.5) is 23.2 Å². The van der Waals surface area contributed by atoms with Crippen molar-refractivity contribution in [2.45, 2.75) is 44.7 Å². The molecule has 2 aromatic carbocycles. The molecule has 0 aliphatic heterocycles. The molecule has 0 saturated heterocycles. The van der Waals surface area contributed by atoms with Gasteiger partial charge >= 0.3 is 6.18 Å². The number of aromatic nitrogens is 1. The van der Waals surface area contributed by atoms with Crippen LogP contribution < -0.4 is 11.1 Å². The van der Waals surface area contributed by atoms with Crippen molar-refractivity contribution in [1.29, 1.82) is 0 Å². The summed E-state index contributed by atoms with van der Waals surface area (Å²) in [6.07, 6.45) is 2.08. The van der Waals surface area contributed by atoms with E-state index in [0.717, 1.165) is 56.7 Å². The highest BCUT2D eigenvalue weighted by molar-refractivity contribution is 6.32. The molecule has 3 aromatic rings. The van der Waals surface area contributed by atoms with Crippen LogP contribution in [0.1, 0.15) is 54.4 Å². The summed E-state index contributed by atoms with van der Waals surface area (Å²) in [5.41, 5.74) is 5.16. The summed E-state index contributed by atoms with van der Waals surface area (Å²) in [4.78, 5) is 17.4. The molecule has 1 aromatic heterocycles. The molecule has 0 spiro atoms. The van der Waals surface area contributed by atoms with Gasteiger partial charge in [-0.3, -0.25) is 9.78 Å². The number of hydrogen-bond donors (Lipinski definition) is 3. The third-order valence-electron chi connectivity index (χ3n) is 7.72. The summed E-state index contributed by atoms with van der Waals surface area (Å²) < 4.78 is 56.7. The van der Waals surface area contributed by atoms with Crippen LogP contribution in [0.5, 0.6) is 5.75 Å². The van der Waals surface area contributed by atoms with Crippen molar-refractivity contribution in [3.8, 4) is 16.9 Å². The molecular formula is C28H28ClF4N3O2. The van der Waals surface area contributed by atoms with Gasteiger partial charge in [0.1, 0.15) is 0 Å². The monoisotopic (exact) mass is 549 g/mol. The van der Waals surface area contributed by atoms with Gasteiger partial charge in [-0.15, -0.1) is 0 Å². The molecule has 0 unspecified atom stereocenters. The van der Waals surface area contributed by atoms with Crippen LogP contribution in [0.25, 0.3) is 22.0 Å². The van der Waals surface area contributed by atoms with Crippen molar-refractivity contribution in [3.63, 3.8) is 0 Å². The molecule has 2 saturated carbocycles. The fraction of sp³-hybridized carbons (Fsp3) is 0.429. The van der Waals surface area contributed by atoms with Gasteiger partial charge in [-0.2, -0.15) is 13.2 Å². The predicted molar refractivity (Wildman–Crippen MR) is 139 cm³/mol. The van der Waals surface area contributed by atoms with Crippen molar-refractivity contribution >= 4 is 34.0 Å². The van der Waals surface area contributed by atoms with Crippen LogP contribution in [0, 0.1) is 23.6 Å². The Labute approximate surface area is 222 Å². The Bertz CT molecular complexity index is 1360. The first-order valence-electron chi connectivity index (χ1n) is 12.8. The van der Waals surface area contributed by atoms with E-state index in [1.165, 1.54) is 12.3 Å². The summed E-state index contributed by atoms with van der Waals surface area (Å²) in [7, 11) is 0. The van der Waals surface area contributed by atoms with Gasteiger partial charge in [0.2, 0.25) is 0 Å². The lowest BCUT2D eigenvalue weighted by Gasteiger charge is -2.28. The Morgan fingerprint density at radius 2 is 1.76 bits per heavy atom. The Hall–Kier alpha value is -2.91. The van der Waals surface area contributed by atoms with Crippen LogP contribution in [0.15, 0.2) is 30.5 Å². The number of alkyl halides is 3. The number of phenolic OH excluding ortho intramolecular Hbond substituents is 1. The zero-order valence-corrected chi connectivity index (χ0v) is 21.3. The second-order valence-electron chi connectivity index (χ2n) is 10.4. The minimum Gasteiger partial charge on any atom is -0.504 e. The fourth-order valence-corrected chi connectivity index (χ4v) is 5.50. The molecule has 5 rings (SSSR count). The van der Waals surface area contributed by atoms with Gasteiger partial charge in [0.05, 0.1) is 27.4 Å². The van der Waals surface area contributed by atoms with Crippen molar-refractivity contribution in [3.05, 3.63) is 52.4 Å². The molecule has 0 amide bonds. The number of benzene rings is 2. The Kier molecular flexibility index (Phi) is 7.26. The Morgan fingerprint density at radius 1 is 1.08 bits per heavy atom. The van der Waals surface area contributed by atoms with E-state index >= 15 is 0 Å². The number of ketones is 1. The van der Waals surface area contributed by atoms with Gasteiger partial charge in [0.25, 0.3) is 0 Å². The van der Waals surface area contributed by atoms with Crippen LogP contribution in [-0.4, -0.2) is 29.0 Å². The molecule has 10 heteroatoms. The van der Waals surface area contributed by atoms with Crippen molar-refractivity contribution < 1.29 is 27.5 Å². The van der Waals surface area contributed by atoms with E-state index < -0.39 is 28.3 Å². The highest BCUT2D eigenvalue weighted by atomic mass is 35.5. The van der Waals surface area contributed by atoms with Crippen molar-refractivity contribution in [2.75, 3.05) is 18.4 Å². The Balaban J connectivity index is 1.63. The summed E-state index contributed by atoms with van der Waals surface area (Å²) in [6, 6.07) is 4.09. The minimum atomic E-state index is -4.77. The molecule has 2 aliphatic carbocycles. The number of fused-ring (bicyclic) bond motifs is 1. The third kappa shape index (κ3) is 5.31. The molecule has 4 N–H and O–H groups in total. The average Bonchev–Trinajstić information content (AvgIpc) is 3.74. The molecule has 0 radical (unpaired) electrons. The first kappa shape index (κ1) is 26.7. The zero-order valence-electron chi connectivity index (χ0n) is 20.5. The van der Waals surface area contributed by atoms with E-state index in [1.807, 2.05) is 0 Å². The molecule has 0 atom stereocenters. The van der Waals surface area contributed by atoms with Crippen LogP contribution in [0.3, 0.4) is 0 Å².